The van der Waals surface area contributed by atoms with Crippen LogP contribution in [0.2, 0.25) is 5.02 Å². The maximum atomic E-state index is 6.08. The number of hydrogen-bond donors (Lipinski definition) is 2. The second-order valence-corrected chi connectivity index (χ2v) is 5.95. The van der Waals surface area contributed by atoms with Gasteiger partial charge in [-0.05, 0) is 46.7 Å². The van der Waals surface area contributed by atoms with Gasteiger partial charge >= 0.3 is 0 Å². The Morgan fingerprint density at radius 2 is 2.05 bits per heavy atom. The second-order valence-electron chi connectivity index (χ2n) is 4.21. The number of hydrogen-bond acceptors (Lipinski definition) is 2. The van der Waals surface area contributed by atoms with Crippen molar-refractivity contribution in [1.82, 2.24) is 10.3 Å². The number of rotatable bonds is 3. The number of thiocarbonyl (C=S) groups is 1. The number of nitrogens with zero attached hydrogens (tertiary/aromatic N) is 1. The van der Waals surface area contributed by atoms with E-state index < -0.39 is 0 Å². The van der Waals surface area contributed by atoms with Gasteiger partial charge in [0.05, 0.1) is 11.1 Å². The van der Waals surface area contributed by atoms with E-state index in [-0.39, 0.29) is 6.04 Å². The van der Waals surface area contributed by atoms with Crippen molar-refractivity contribution < 1.29 is 0 Å². The van der Waals surface area contributed by atoms with Crippen molar-refractivity contribution >= 4 is 50.7 Å². The maximum absolute atomic E-state index is 6.08. The number of anilines is 1. The van der Waals surface area contributed by atoms with Crippen LogP contribution in [-0.2, 0) is 0 Å². The Morgan fingerprint density at radius 1 is 1.35 bits per heavy atom. The van der Waals surface area contributed by atoms with Crippen LogP contribution in [0.25, 0.3) is 0 Å². The first-order valence-electron chi connectivity index (χ1n) is 6.00. The van der Waals surface area contributed by atoms with Gasteiger partial charge in [-0.1, -0.05) is 41.9 Å². The van der Waals surface area contributed by atoms with Crippen LogP contribution in [0.15, 0.2) is 47.1 Å². The molecule has 1 aromatic carbocycles. The molecule has 0 radical (unpaired) electrons. The lowest BCUT2D eigenvalue weighted by Gasteiger charge is -2.17. The molecule has 0 fully saturated rings. The van der Waals surface area contributed by atoms with Crippen LogP contribution in [0.1, 0.15) is 18.5 Å². The SMILES string of the molecule is C[C@H](NC(=S)Nc1ncc(Br)cc1Cl)c1ccccc1. The molecule has 0 saturated heterocycles. The summed E-state index contributed by atoms with van der Waals surface area (Å²) in [4.78, 5) is 4.18. The molecule has 2 N–H and O–H groups in total. The largest absolute Gasteiger partial charge is 0.356 e. The molecule has 0 saturated carbocycles. The molecule has 1 atom stereocenters. The number of aromatic nitrogens is 1. The van der Waals surface area contributed by atoms with Crippen LogP contribution in [0, 0.1) is 0 Å². The van der Waals surface area contributed by atoms with E-state index in [9.17, 15) is 0 Å². The maximum Gasteiger partial charge on any atom is 0.172 e. The van der Waals surface area contributed by atoms with Crippen molar-refractivity contribution in [3.05, 3.63) is 57.7 Å². The summed E-state index contributed by atoms with van der Waals surface area (Å²) in [6.45, 7) is 2.04. The molecule has 6 heteroatoms. The Hall–Kier alpha value is -1.17. The van der Waals surface area contributed by atoms with E-state index in [2.05, 4.69) is 31.5 Å². The highest BCUT2D eigenvalue weighted by atomic mass is 79.9. The summed E-state index contributed by atoms with van der Waals surface area (Å²) in [5.74, 6) is 0.535. The number of nitrogens with one attached hydrogen (secondary N) is 2. The van der Waals surface area contributed by atoms with Gasteiger partial charge in [-0.15, -0.1) is 0 Å². The zero-order chi connectivity index (χ0) is 14.5. The first-order valence-corrected chi connectivity index (χ1v) is 7.57. The summed E-state index contributed by atoms with van der Waals surface area (Å²) in [7, 11) is 0. The fraction of sp³-hybridized carbons (Fsp3) is 0.143. The summed E-state index contributed by atoms with van der Waals surface area (Å²) in [5, 5.41) is 7.19. The number of benzene rings is 1. The second kappa shape index (κ2) is 7.02. The van der Waals surface area contributed by atoms with E-state index in [1.54, 1.807) is 12.3 Å². The van der Waals surface area contributed by atoms with E-state index in [1.807, 2.05) is 37.3 Å². The quantitative estimate of drug-likeness (QED) is 0.778. The lowest BCUT2D eigenvalue weighted by atomic mass is 10.1. The Bertz CT molecular complexity index is 607. The molecule has 0 aliphatic heterocycles. The molecule has 3 nitrogen and oxygen atoms in total. The minimum atomic E-state index is 0.102. The molecule has 0 aliphatic rings. The zero-order valence-corrected chi connectivity index (χ0v) is 13.9. The van der Waals surface area contributed by atoms with Crippen LogP contribution < -0.4 is 10.6 Å². The predicted molar refractivity (Wildman–Crippen MR) is 91.2 cm³/mol. The van der Waals surface area contributed by atoms with Gasteiger partial charge in [0.2, 0.25) is 0 Å². The molecule has 0 amide bonds. The van der Waals surface area contributed by atoms with E-state index in [4.69, 9.17) is 23.8 Å². The third-order valence-corrected chi connectivity index (χ3v) is 3.63. The van der Waals surface area contributed by atoms with Crippen molar-refractivity contribution in [1.29, 1.82) is 0 Å². The van der Waals surface area contributed by atoms with Gasteiger partial charge in [0, 0.05) is 10.7 Å². The van der Waals surface area contributed by atoms with Gasteiger partial charge in [-0.2, -0.15) is 0 Å². The van der Waals surface area contributed by atoms with Gasteiger partial charge in [-0.25, -0.2) is 4.98 Å². The van der Waals surface area contributed by atoms with Crippen LogP contribution >= 0.6 is 39.7 Å². The molecule has 0 spiro atoms. The average molecular weight is 371 g/mol. The molecular weight excluding hydrogens is 358 g/mol. The topological polar surface area (TPSA) is 37.0 Å². The van der Waals surface area contributed by atoms with Crippen LogP contribution in [0.4, 0.5) is 5.82 Å². The molecule has 0 bridgehead atoms. The number of halogens is 2. The molecule has 0 aliphatic carbocycles. The van der Waals surface area contributed by atoms with E-state index in [0.717, 1.165) is 10.0 Å². The van der Waals surface area contributed by atoms with Crippen molar-refractivity contribution in [3.8, 4) is 0 Å². The van der Waals surface area contributed by atoms with Gasteiger partial charge in [0.25, 0.3) is 0 Å². The number of pyridine rings is 1. The highest BCUT2D eigenvalue weighted by molar-refractivity contribution is 9.10. The molecular formula is C14H13BrClN3S. The van der Waals surface area contributed by atoms with Gasteiger partial charge < -0.3 is 10.6 Å². The highest BCUT2D eigenvalue weighted by Crippen LogP contribution is 2.23. The summed E-state index contributed by atoms with van der Waals surface area (Å²) < 4.78 is 0.824. The molecule has 1 aromatic heterocycles. The Morgan fingerprint density at radius 3 is 2.70 bits per heavy atom. The summed E-state index contributed by atoms with van der Waals surface area (Å²) in [6.07, 6.45) is 1.66. The molecule has 104 valence electrons. The monoisotopic (exact) mass is 369 g/mol. The Kier molecular flexibility index (Phi) is 5.34. The van der Waals surface area contributed by atoms with Crippen LogP contribution in [0.3, 0.4) is 0 Å². The van der Waals surface area contributed by atoms with Gasteiger partial charge in [-0.3, -0.25) is 0 Å². The fourth-order valence-corrected chi connectivity index (χ4v) is 2.62. The summed E-state index contributed by atoms with van der Waals surface area (Å²) in [5.41, 5.74) is 1.16. The van der Waals surface area contributed by atoms with E-state index in [0.29, 0.717) is 16.0 Å². The summed E-state index contributed by atoms with van der Waals surface area (Å²) in [6, 6.07) is 11.9. The van der Waals surface area contributed by atoms with Crippen molar-refractivity contribution in [2.75, 3.05) is 5.32 Å². The highest BCUT2D eigenvalue weighted by Gasteiger charge is 2.09. The molecule has 1 heterocycles. The third kappa shape index (κ3) is 4.16. The minimum Gasteiger partial charge on any atom is -0.356 e. The first-order chi connectivity index (χ1) is 9.56. The average Bonchev–Trinajstić information content (AvgIpc) is 2.43. The zero-order valence-electron chi connectivity index (χ0n) is 10.7. The van der Waals surface area contributed by atoms with E-state index >= 15 is 0 Å². The third-order valence-electron chi connectivity index (χ3n) is 2.69. The fourth-order valence-electron chi connectivity index (χ4n) is 1.67. The van der Waals surface area contributed by atoms with Crippen molar-refractivity contribution in [2.45, 2.75) is 13.0 Å². The van der Waals surface area contributed by atoms with Crippen LogP contribution in [0.5, 0.6) is 0 Å². The standard InChI is InChI=1S/C14H13BrClN3S/c1-9(10-5-3-2-4-6-10)18-14(20)19-13-12(16)7-11(15)8-17-13/h2-9H,1H3,(H2,17,18,19,20)/t9-/m0/s1. The lowest BCUT2D eigenvalue weighted by Crippen LogP contribution is -2.31. The molecule has 2 rings (SSSR count). The van der Waals surface area contributed by atoms with E-state index in [1.165, 1.54) is 0 Å². The Labute approximate surface area is 136 Å². The van der Waals surface area contributed by atoms with Gasteiger partial charge in [0.1, 0.15) is 0 Å². The molecule has 20 heavy (non-hydrogen) atoms. The lowest BCUT2D eigenvalue weighted by molar-refractivity contribution is 0.722. The molecule has 2 aromatic rings. The normalized spacial score (nSPS) is 11.8. The first kappa shape index (κ1) is 15.2. The minimum absolute atomic E-state index is 0.102. The Balaban J connectivity index is 1.99. The van der Waals surface area contributed by atoms with Crippen molar-refractivity contribution in [2.24, 2.45) is 0 Å². The molecule has 0 unspecified atom stereocenters. The summed E-state index contributed by atoms with van der Waals surface area (Å²) >= 11 is 14.7. The predicted octanol–water partition coefficient (Wildman–Crippen LogP) is 4.55. The van der Waals surface area contributed by atoms with Crippen LogP contribution in [-0.4, -0.2) is 10.1 Å². The van der Waals surface area contributed by atoms with Gasteiger partial charge in [0.15, 0.2) is 10.9 Å². The smallest absolute Gasteiger partial charge is 0.172 e. The van der Waals surface area contributed by atoms with Crippen molar-refractivity contribution in [3.63, 3.8) is 0 Å².